The van der Waals surface area contributed by atoms with E-state index in [1.165, 1.54) is 11.3 Å². The van der Waals surface area contributed by atoms with Gasteiger partial charge in [0.2, 0.25) is 11.0 Å². The number of ether oxygens (including phenoxy) is 2. The molecule has 110 valence electrons. The van der Waals surface area contributed by atoms with Crippen LogP contribution in [0.3, 0.4) is 0 Å². The predicted octanol–water partition coefficient (Wildman–Crippen LogP) is 2.33. The normalized spacial score (nSPS) is 18.1. The largest absolute Gasteiger partial charge is 0.497 e. The first-order chi connectivity index (χ1) is 10.2. The third-order valence-corrected chi connectivity index (χ3v) is 4.98. The summed E-state index contributed by atoms with van der Waals surface area (Å²) in [6.45, 7) is 0. The highest BCUT2D eigenvalue weighted by atomic mass is 32.2. The van der Waals surface area contributed by atoms with Gasteiger partial charge in [-0.25, -0.2) is 0 Å². The molecule has 1 amide bonds. The summed E-state index contributed by atoms with van der Waals surface area (Å²) in [6, 6.07) is 5.62. The molecule has 21 heavy (non-hydrogen) atoms. The van der Waals surface area contributed by atoms with E-state index in [4.69, 9.17) is 9.47 Å². The fourth-order valence-electron chi connectivity index (χ4n) is 2.12. The second kappa shape index (κ2) is 5.90. The molecule has 0 aliphatic carbocycles. The molecule has 1 fully saturated rings. The molecule has 0 N–H and O–H groups in total. The van der Waals surface area contributed by atoms with Crippen LogP contribution in [0.25, 0.3) is 0 Å². The molecule has 2 aromatic rings. The zero-order valence-electron chi connectivity index (χ0n) is 11.5. The zero-order chi connectivity index (χ0) is 14.8. The molecule has 0 unspecified atom stereocenters. The molecule has 0 saturated carbocycles. The number of thioether (sulfide) groups is 1. The number of hydrogen-bond acceptors (Lipinski definition) is 7. The van der Waals surface area contributed by atoms with Gasteiger partial charge < -0.3 is 9.47 Å². The maximum absolute atomic E-state index is 12.1. The molecule has 6 nitrogen and oxygen atoms in total. The van der Waals surface area contributed by atoms with E-state index < -0.39 is 0 Å². The van der Waals surface area contributed by atoms with Crippen molar-refractivity contribution in [1.82, 2.24) is 10.2 Å². The van der Waals surface area contributed by atoms with E-state index in [9.17, 15) is 4.79 Å². The van der Waals surface area contributed by atoms with Gasteiger partial charge in [-0.3, -0.25) is 9.69 Å². The average molecular weight is 323 g/mol. The number of anilines is 1. The lowest BCUT2D eigenvalue weighted by Crippen LogP contribution is -2.27. The summed E-state index contributed by atoms with van der Waals surface area (Å²) in [7, 11) is 3.21. The van der Waals surface area contributed by atoms with E-state index in [1.807, 2.05) is 12.1 Å². The number of carbonyl (C=O) groups is 1. The van der Waals surface area contributed by atoms with Gasteiger partial charge in [-0.05, 0) is 17.7 Å². The van der Waals surface area contributed by atoms with Gasteiger partial charge in [-0.1, -0.05) is 11.3 Å². The molecular formula is C13H13N3O3S2. The molecule has 1 aliphatic rings. The molecule has 1 saturated heterocycles. The Morgan fingerprint density at radius 1 is 1.24 bits per heavy atom. The second-order valence-corrected chi connectivity index (χ2v) is 6.17. The van der Waals surface area contributed by atoms with Crippen molar-refractivity contribution in [2.45, 2.75) is 5.37 Å². The highest BCUT2D eigenvalue weighted by Crippen LogP contribution is 2.43. The van der Waals surface area contributed by atoms with Crippen molar-refractivity contribution >= 4 is 34.1 Å². The summed E-state index contributed by atoms with van der Waals surface area (Å²) < 4.78 is 10.6. The van der Waals surface area contributed by atoms with Crippen LogP contribution in [0.4, 0.5) is 5.13 Å². The lowest BCUT2D eigenvalue weighted by Gasteiger charge is -2.21. The summed E-state index contributed by atoms with van der Waals surface area (Å²) in [4.78, 5) is 13.8. The SMILES string of the molecule is COc1cc(OC)cc([C@@H]2SCC(=O)N2c2nncs2)c1. The number of rotatable bonds is 4. The molecule has 0 spiro atoms. The van der Waals surface area contributed by atoms with Gasteiger partial charge in [0.25, 0.3) is 0 Å². The van der Waals surface area contributed by atoms with Gasteiger partial charge in [-0.15, -0.1) is 22.0 Å². The topological polar surface area (TPSA) is 64.6 Å². The Kier molecular flexibility index (Phi) is 3.98. The van der Waals surface area contributed by atoms with Crippen molar-refractivity contribution < 1.29 is 14.3 Å². The van der Waals surface area contributed by atoms with Crippen LogP contribution in [0.15, 0.2) is 23.7 Å². The Bertz CT molecular complexity index is 626. The Labute approximate surface area is 130 Å². The van der Waals surface area contributed by atoms with E-state index in [0.717, 1.165) is 5.56 Å². The van der Waals surface area contributed by atoms with Crippen LogP contribution in [0, 0.1) is 0 Å². The van der Waals surface area contributed by atoms with Gasteiger partial charge in [0.1, 0.15) is 22.4 Å². The van der Waals surface area contributed by atoms with E-state index in [1.54, 1.807) is 42.5 Å². The zero-order valence-corrected chi connectivity index (χ0v) is 13.1. The van der Waals surface area contributed by atoms with Crippen molar-refractivity contribution in [2.24, 2.45) is 0 Å². The van der Waals surface area contributed by atoms with Gasteiger partial charge in [0.15, 0.2) is 0 Å². The maximum Gasteiger partial charge on any atom is 0.240 e. The van der Waals surface area contributed by atoms with Crippen LogP contribution in [-0.2, 0) is 4.79 Å². The molecule has 0 bridgehead atoms. The van der Waals surface area contributed by atoms with Gasteiger partial charge in [0.05, 0.1) is 20.0 Å². The summed E-state index contributed by atoms with van der Waals surface area (Å²) in [5.41, 5.74) is 2.56. The molecule has 1 aromatic carbocycles. The van der Waals surface area contributed by atoms with Crippen molar-refractivity contribution in [3.63, 3.8) is 0 Å². The number of nitrogens with zero attached hydrogens (tertiary/aromatic N) is 3. The molecule has 0 radical (unpaired) electrons. The van der Waals surface area contributed by atoms with E-state index in [-0.39, 0.29) is 11.3 Å². The van der Waals surface area contributed by atoms with Crippen LogP contribution >= 0.6 is 23.1 Å². The minimum Gasteiger partial charge on any atom is -0.497 e. The highest BCUT2D eigenvalue weighted by Gasteiger charge is 2.36. The van der Waals surface area contributed by atoms with Crippen molar-refractivity contribution in [3.8, 4) is 11.5 Å². The second-order valence-electron chi connectivity index (χ2n) is 4.29. The first kappa shape index (κ1) is 14.2. The van der Waals surface area contributed by atoms with E-state index >= 15 is 0 Å². The van der Waals surface area contributed by atoms with Crippen LogP contribution in [-0.4, -0.2) is 36.1 Å². The van der Waals surface area contributed by atoms with Crippen molar-refractivity contribution in [1.29, 1.82) is 0 Å². The number of methoxy groups -OCH3 is 2. The predicted molar refractivity (Wildman–Crippen MR) is 82.1 cm³/mol. The Morgan fingerprint density at radius 3 is 2.52 bits per heavy atom. The fraction of sp³-hybridized carbons (Fsp3) is 0.308. The summed E-state index contributed by atoms with van der Waals surface area (Å²) in [5, 5.41) is 8.28. The molecule has 1 atom stereocenters. The lowest BCUT2D eigenvalue weighted by molar-refractivity contribution is -0.115. The standard InChI is InChI=1S/C13H13N3O3S2/c1-18-9-3-8(4-10(5-9)19-2)12-16(11(17)6-20-12)13-15-14-7-21-13/h3-5,7,12H,6H2,1-2H3/t12-/m0/s1. The van der Waals surface area contributed by atoms with Crippen molar-refractivity contribution in [3.05, 3.63) is 29.3 Å². The molecule has 2 heterocycles. The Hall–Kier alpha value is -1.80. The molecule has 8 heteroatoms. The quantitative estimate of drug-likeness (QED) is 0.860. The number of carbonyl (C=O) groups excluding carboxylic acids is 1. The van der Waals surface area contributed by atoms with Crippen LogP contribution in [0.1, 0.15) is 10.9 Å². The lowest BCUT2D eigenvalue weighted by atomic mass is 10.2. The van der Waals surface area contributed by atoms with Crippen LogP contribution in [0.5, 0.6) is 11.5 Å². The van der Waals surface area contributed by atoms with Crippen LogP contribution < -0.4 is 14.4 Å². The summed E-state index contributed by atoms with van der Waals surface area (Å²) in [5.74, 6) is 1.84. The molecular weight excluding hydrogens is 310 g/mol. The Morgan fingerprint density at radius 2 is 1.95 bits per heavy atom. The summed E-state index contributed by atoms with van der Waals surface area (Å²) >= 11 is 2.90. The van der Waals surface area contributed by atoms with E-state index in [2.05, 4.69) is 10.2 Å². The van der Waals surface area contributed by atoms with Gasteiger partial charge >= 0.3 is 0 Å². The molecule has 1 aliphatic heterocycles. The smallest absolute Gasteiger partial charge is 0.240 e. The fourth-order valence-corrected chi connectivity index (χ4v) is 3.93. The minimum absolute atomic E-state index is 0.0311. The number of benzene rings is 1. The average Bonchev–Trinajstić information content (AvgIpc) is 3.15. The molecule has 1 aromatic heterocycles. The van der Waals surface area contributed by atoms with Gasteiger partial charge in [0, 0.05) is 6.07 Å². The number of hydrogen-bond donors (Lipinski definition) is 0. The highest BCUT2D eigenvalue weighted by molar-refractivity contribution is 8.00. The first-order valence-electron chi connectivity index (χ1n) is 6.15. The third-order valence-electron chi connectivity index (χ3n) is 3.08. The number of aromatic nitrogens is 2. The minimum atomic E-state index is -0.144. The van der Waals surface area contributed by atoms with Crippen molar-refractivity contribution in [2.75, 3.05) is 24.9 Å². The maximum atomic E-state index is 12.1. The number of amides is 1. The first-order valence-corrected chi connectivity index (χ1v) is 8.08. The summed E-state index contributed by atoms with van der Waals surface area (Å²) in [6.07, 6.45) is 0. The monoisotopic (exact) mass is 323 g/mol. The third kappa shape index (κ3) is 2.68. The van der Waals surface area contributed by atoms with E-state index in [0.29, 0.717) is 22.4 Å². The van der Waals surface area contributed by atoms with Crippen LogP contribution in [0.2, 0.25) is 0 Å². The van der Waals surface area contributed by atoms with Gasteiger partial charge in [-0.2, -0.15) is 0 Å². The molecule has 3 rings (SSSR count). The Balaban J connectivity index is 2.00.